The lowest BCUT2D eigenvalue weighted by Crippen LogP contribution is -2.53. The fourth-order valence-corrected chi connectivity index (χ4v) is 2.50. The number of piperidine rings is 1. The summed E-state index contributed by atoms with van der Waals surface area (Å²) in [5, 5.41) is 3.27. The Bertz CT molecular complexity index is 255. The maximum atomic E-state index is 12.0. The van der Waals surface area contributed by atoms with Crippen molar-refractivity contribution in [2.45, 2.75) is 57.1 Å². The first-order valence-electron chi connectivity index (χ1n) is 6.74. The zero-order chi connectivity index (χ0) is 12.1. The summed E-state index contributed by atoms with van der Waals surface area (Å²) in [6.07, 6.45) is 6.54. The molecule has 2 atom stereocenters. The topological polar surface area (TPSA) is 47.6 Å². The van der Waals surface area contributed by atoms with E-state index in [1.54, 1.807) is 0 Å². The first-order valence-corrected chi connectivity index (χ1v) is 6.74. The van der Waals surface area contributed by atoms with E-state index in [4.69, 9.17) is 9.47 Å². The summed E-state index contributed by atoms with van der Waals surface area (Å²) in [4.78, 5) is 12.0. The molecule has 0 radical (unpaired) electrons. The van der Waals surface area contributed by atoms with E-state index < -0.39 is 5.54 Å². The molecular weight excluding hydrogens is 218 g/mol. The van der Waals surface area contributed by atoms with E-state index in [1.165, 1.54) is 6.42 Å². The zero-order valence-electron chi connectivity index (χ0n) is 10.7. The second-order valence-electron chi connectivity index (χ2n) is 5.30. The fraction of sp³-hybridized carbons (Fsp3) is 0.923. The Morgan fingerprint density at radius 3 is 2.94 bits per heavy atom. The monoisotopic (exact) mass is 241 g/mol. The molecule has 2 aliphatic heterocycles. The molecule has 1 N–H and O–H groups in total. The van der Waals surface area contributed by atoms with E-state index in [9.17, 15) is 4.79 Å². The van der Waals surface area contributed by atoms with Crippen LogP contribution in [0.4, 0.5) is 0 Å². The molecule has 2 saturated heterocycles. The highest BCUT2D eigenvalue weighted by Gasteiger charge is 2.36. The van der Waals surface area contributed by atoms with E-state index in [-0.39, 0.29) is 12.1 Å². The molecule has 2 rings (SSSR count). The number of esters is 1. The molecule has 0 saturated carbocycles. The Morgan fingerprint density at radius 1 is 1.41 bits per heavy atom. The molecule has 17 heavy (non-hydrogen) atoms. The lowest BCUT2D eigenvalue weighted by molar-refractivity contribution is -0.157. The molecule has 0 spiro atoms. The van der Waals surface area contributed by atoms with Crippen molar-refractivity contribution < 1.29 is 14.3 Å². The Balaban J connectivity index is 1.75. The molecule has 0 aromatic carbocycles. The van der Waals surface area contributed by atoms with Gasteiger partial charge in [-0.3, -0.25) is 4.79 Å². The maximum Gasteiger partial charge on any atom is 0.326 e. The first-order chi connectivity index (χ1) is 8.21. The summed E-state index contributed by atoms with van der Waals surface area (Å²) in [6.45, 7) is 4.07. The van der Waals surface area contributed by atoms with Gasteiger partial charge in [-0.1, -0.05) is 0 Å². The molecule has 4 nitrogen and oxygen atoms in total. The summed E-state index contributed by atoms with van der Waals surface area (Å²) in [5.41, 5.74) is -0.479. The maximum absolute atomic E-state index is 12.0. The normalized spacial score (nSPS) is 34.3. The van der Waals surface area contributed by atoms with Crippen molar-refractivity contribution in [2.75, 3.05) is 19.8 Å². The van der Waals surface area contributed by atoms with Crippen molar-refractivity contribution in [3.05, 3.63) is 0 Å². The van der Waals surface area contributed by atoms with Gasteiger partial charge in [-0.2, -0.15) is 0 Å². The number of nitrogens with one attached hydrogen (secondary N) is 1. The molecule has 2 aliphatic rings. The average molecular weight is 241 g/mol. The highest BCUT2D eigenvalue weighted by Crippen LogP contribution is 2.21. The zero-order valence-corrected chi connectivity index (χ0v) is 10.7. The minimum atomic E-state index is -0.479. The van der Waals surface area contributed by atoms with E-state index in [0.717, 1.165) is 45.3 Å². The van der Waals surface area contributed by atoms with Crippen molar-refractivity contribution in [3.63, 3.8) is 0 Å². The third-order valence-corrected chi connectivity index (χ3v) is 3.74. The van der Waals surface area contributed by atoms with E-state index in [2.05, 4.69) is 5.32 Å². The number of carbonyl (C=O) groups excluding carboxylic acids is 1. The Kier molecular flexibility index (Phi) is 4.40. The largest absolute Gasteiger partial charge is 0.462 e. The van der Waals surface area contributed by atoms with Crippen LogP contribution in [0, 0.1) is 0 Å². The summed E-state index contributed by atoms with van der Waals surface area (Å²) < 4.78 is 10.9. The minimum absolute atomic E-state index is 0.111. The first kappa shape index (κ1) is 12.8. The molecule has 0 aliphatic carbocycles. The van der Waals surface area contributed by atoms with Crippen molar-refractivity contribution in [3.8, 4) is 0 Å². The molecule has 2 unspecified atom stereocenters. The predicted octanol–water partition coefficient (Wildman–Crippen LogP) is 1.63. The van der Waals surface area contributed by atoms with Gasteiger partial charge in [0, 0.05) is 6.61 Å². The average Bonchev–Trinajstić information content (AvgIpc) is 2.38. The molecule has 0 amide bonds. The van der Waals surface area contributed by atoms with Crippen LogP contribution in [0.15, 0.2) is 0 Å². The summed E-state index contributed by atoms with van der Waals surface area (Å²) in [7, 11) is 0. The molecule has 0 bridgehead atoms. The van der Waals surface area contributed by atoms with Crippen LogP contribution in [0.5, 0.6) is 0 Å². The quantitative estimate of drug-likeness (QED) is 0.763. The fourth-order valence-electron chi connectivity index (χ4n) is 2.50. The van der Waals surface area contributed by atoms with Gasteiger partial charge in [-0.05, 0) is 52.0 Å². The van der Waals surface area contributed by atoms with Crippen LogP contribution in [0.25, 0.3) is 0 Å². The van der Waals surface area contributed by atoms with Gasteiger partial charge >= 0.3 is 5.97 Å². The third kappa shape index (κ3) is 3.42. The second kappa shape index (κ2) is 5.83. The van der Waals surface area contributed by atoms with Gasteiger partial charge in [-0.25, -0.2) is 0 Å². The number of ether oxygens (including phenoxy) is 2. The number of carbonyl (C=O) groups is 1. The van der Waals surface area contributed by atoms with Crippen molar-refractivity contribution in [1.29, 1.82) is 0 Å². The van der Waals surface area contributed by atoms with E-state index in [0.29, 0.717) is 6.61 Å². The van der Waals surface area contributed by atoms with E-state index in [1.807, 2.05) is 6.92 Å². The second-order valence-corrected chi connectivity index (χ2v) is 5.30. The van der Waals surface area contributed by atoms with Crippen LogP contribution in [0.2, 0.25) is 0 Å². The van der Waals surface area contributed by atoms with Gasteiger partial charge < -0.3 is 14.8 Å². The summed E-state index contributed by atoms with van der Waals surface area (Å²) >= 11 is 0. The highest BCUT2D eigenvalue weighted by molar-refractivity contribution is 5.80. The predicted molar refractivity (Wildman–Crippen MR) is 64.8 cm³/mol. The lowest BCUT2D eigenvalue weighted by atomic mass is 9.91. The van der Waals surface area contributed by atoms with Gasteiger partial charge in [0.05, 0.1) is 6.10 Å². The van der Waals surface area contributed by atoms with Crippen molar-refractivity contribution in [2.24, 2.45) is 0 Å². The van der Waals surface area contributed by atoms with E-state index >= 15 is 0 Å². The van der Waals surface area contributed by atoms with Crippen molar-refractivity contribution in [1.82, 2.24) is 5.32 Å². The smallest absolute Gasteiger partial charge is 0.326 e. The molecule has 2 heterocycles. The van der Waals surface area contributed by atoms with Crippen LogP contribution in [-0.4, -0.2) is 37.4 Å². The van der Waals surface area contributed by atoms with Gasteiger partial charge in [0.25, 0.3) is 0 Å². The number of hydrogen-bond donors (Lipinski definition) is 1. The number of hydrogen-bond acceptors (Lipinski definition) is 4. The molecule has 4 heteroatoms. The Labute approximate surface area is 103 Å². The lowest BCUT2D eigenvalue weighted by Gasteiger charge is -2.33. The van der Waals surface area contributed by atoms with Crippen molar-refractivity contribution >= 4 is 5.97 Å². The van der Waals surface area contributed by atoms with Crippen LogP contribution in [0.1, 0.15) is 45.4 Å². The Morgan fingerprint density at radius 2 is 2.29 bits per heavy atom. The van der Waals surface area contributed by atoms with Crippen LogP contribution in [0.3, 0.4) is 0 Å². The molecule has 0 aromatic heterocycles. The van der Waals surface area contributed by atoms with Gasteiger partial charge in [0.15, 0.2) is 0 Å². The van der Waals surface area contributed by atoms with Gasteiger partial charge in [0.1, 0.15) is 12.1 Å². The van der Waals surface area contributed by atoms with Gasteiger partial charge in [0.2, 0.25) is 0 Å². The molecule has 0 aromatic rings. The highest BCUT2D eigenvalue weighted by atomic mass is 16.6. The van der Waals surface area contributed by atoms with Gasteiger partial charge in [-0.15, -0.1) is 0 Å². The molecule has 2 fully saturated rings. The SMILES string of the molecule is CC1(C(=O)OCC2CCCCO2)CCCCN1. The Hall–Kier alpha value is -0.610. The minimum Gasteiger partial charge on any atom is -0.462 e. The third-order valence-electron chi connectivity index (χ3n) is 3.74. The van der Waals surface area contributed by atoms with Crippen LogP contribution < -0.4 is 5.32 Å². The molecule has 98 valence electrons. The molecular formula is C13H23NO3. The van der Waals surface area contributed by atoms with Crippen LogP contribution in [-0.2, 0) is 14.3 Å². The number of rotatable bonds is 3. The summed E-state index contributed by atoms with van der Waals surface area (Å²) in [6, 6.07) is 0. The summed E-state index contributed by atoms with van der Waals surface area (Å²) in [5.74, 6) is -0.119. The standard InChI is InChI=1S/C13H23NO3/c1-13(7-3-4-8-14-13)12(15)17-10-11-6-2-5-9-16-11/h11,14H,2-10H2,1H3. The van der Waals surface area contributed by atoms with Crippen LogP contribution >= 0.6 is 0 Å².